The van der Waals surface area contributed by atoms with Gasteiger partial charge in [-0.25, -0.2) is 0 Å². The molecule has 2 atom stereocenters. The maximum Gasteiger partial charge on any atom is 0.253 e. The van der Waals surface area contributed by atoms with Crippen LogP contribution in [0, 0.1) is 11.8 Å². The first-order valence-electron chi connectivity index (χ1n) is 13.9. The molecule has 200 valence electrons. The van der Waals surface area contributed by atoms with Gasteiger partial charge in [-0.3, -0.25) is 14.5 Å². The average Bonchev–Trinajstić information content (AvgIpc) is 3.33. The second-order valence-corrected chi connectivity index (χ2v) is 11.2. The Balaban J connectivity index is 1.57. The Morgan fingerprint density at radius 3 is 2.22 bits per heavy atom. The van der Waals surface area contributed by atoms with E-state index < -0.39 is 0 Å². The number of rotatable bonds is 10. The highest BCUT2D eigenvalue weighted by Crippen LogP contribution is 2.33. The summed E-state index contributed by atoms with van der Waals surface area (Å²) in [4.78, 5) is 33.3. The lowest BCUT2D eigenvalue weighted by atomic mass is 9.86. The van der Waals surface area contributed by atoms with Gasteiger partial charge in [0.05, 0.1) is 6.04 Å². The van der Waals surface area contributed by atoms with Gasteiger partial charge in [0.15, 0.2) is 0 Å². The van der Waals surface area contributed by atoms with E-state index in [1.807, 2.05) is 39.3 Å². The van der Waals surface area contributed by atoms with Gasteiger partial charge < -0.3 is 15.1 Å². The molecule has 0 unspecified atom stereocenters. The number of likely N-dealkylation sites (N-methyl/N-ethyl adjacent to an activating group) is 2. The van der Waals surface area contributed by atoms with Crippen molar-refractivity contribution >= 4 is 11.8 Å². The lowest BCUT2D eigenvalue weighted by molar-refractivity contribution is -0.134. The molecule has 1 aliphatic carbocycles. The van der Waals surface area contributed by atoms with E-state index in [1.54, 1.807) is 4.90 Å². The summed E-state index contributed by atoms with van der Waals surface area (Å²) in [6.07, 6.45) is 3.93. The van der Waals surface area contributed by atoms with Crippen LogP contribution in [0.5, 0.6) is 0 Å². The van der Waals surface area contributed by atoms with Gasteiger partial charge in [-0.2, -0.15) is 0 Å². The van der Waals surface area contributed by atoms with Gasteiger partial charge >= 0.3 is 0 Å². The molecule has 1 fully saturated rings. The first kappa shape index (κ1) is 27.3. The van der Waals surface area contributed by atoms with Gasteiger partial charge in [-0.15, -0.1) is 0 Å². The van der Waals surface area contributed by atoms with Gasteiger partial charge in [-0.05, 0) is 61.5 Å². The van der Waals surface area contributed by atoms with Crippen LogP contribution in [0.15, 0.2) is 48.5 Å². The molecule has 37 heavy (non-hydrogen) atoms. The van der Waals surface area contributed by atoms with Crippen LogP contribution in [0.4, 0.5) is 0 Å². The second-order valence-electron chi connectivity index (χ2n) is 11.2. The molecule has 6 nitrogen and oxygen atoms in total. The summed E-state index contributed by atoms with van der Waals surface area (Å²) in [6, 6.07) is 16.5. The molecule has 0 bridgehead atoms. The van der Waals surface area contributed by atoms with Crippen molar-refractivity contribution in [1.82, 2.24) is 20.0 Å². The summed E-state index contributed by atoms with van der Waals surface area (Å²) in [5.41, 5.74) is 4.56. The van der Waals surface area contributed by atoms with E-state index in [9.17, 15) is 9.59 Å². The maximum atomic E-state index is 13.6. The molecule has 2 amide bonds. The summed E-state index contributed by atoms with van der Waals surface area (Å²) < 4.78 is 0. The molecule has 1 aliphatic heterocycles. The first-order chi connectivity index (χ1) is 17.8. The smallest absolute Gasteiger partial charge is 0.253 e. The highest BCUT2D eigenvalue weighted by atomic mass is 16.2. The van der Waals surface area contributed by atoms with Crippen LogP contribution in [-0.4, -0.2) is 79.4 Å². The SMILES string of the molecule is CCC(CC)[C@@H]1C(=O)N[C@H](C2Cc3ccccc3C2)CN1Cc1ccccc1C(=O)N(C)CCN(C)C. The summed E-state index contributed by atoms with van der Waals surface area (Å²) in [5, 5.41) is 3.43. The van der Waals surface area contributed by atoms with Crippen molar-refractivity contribution in [2.45, 2.75) is 58.2 Å². The Morgan fingerprint density at radius 2 is 1.59 bits per heavy atom. The Kier molecular flexibility index (Phi) is 9.04. The number of nitrogens with one attached hydrogen (secondary N) is 1. The van der Waals surface area contributed by atoms with E-state index in [1.165, 1.54) is 11.1 Å². The van der Waals surface area contributed by atoms with Crippen molar-refractivity contribution in [2.75, 3.05) is 40.8 Å². The molecule has 1 heterocycles. The van der Waals surface area contributed by atoms with Gasteiger partial charge in [0.1, 0.15) is 0 Å². The van der Waals surface area contributed by atoms with Gasteiger partial charge in [0, 0.05) is 44.8 Å². The first-order valence-corrected chi connectivity index (χ1v) is 13.9. The molecule has 0 spiro atoms. The molecule has 2 aliphatic rings. The van der Waals surface area contributed by atoms with E-state index in [2.05, 4.69) is 59.3 Å². The number of nitrogens with zero attached hydrogens (tertiary/aromatic N) is 3. The molecular formula is C31H44N4O2. The molecule has 2 aromatic carbocycles. The largest absolute Gasteiger partial charge is 0.350 e. The molecule has 1 saturated heterocycles. The number of benzene rings is 2. The molecule has 0 aromatic heterocycles. The fourth-order valence-electron chi connectivity index (χ4n) is 6.14. The fourth-order valence-corrected chi connectivity index (χ4v) is 6.14. The van der Waals surface area contributed by atoms with E-state index in [4.69, 9.17) is 0 Å². The summed E-state index contributed by atoms with van der Waals surface area (Å²) in [5.74, 6) is 0.876. The van der Waals surface area contributed by atoms with Crippen LogP contribution in [0.3, 0.4) is 0 Å². The minimum atomic E-state index is -0.176. The highest BCUT2D eigenvalue weighted by Gasteiger charge is 2.42. The van der Waals surface area contributed by atoms with Crippen LogP contribution < -0.4 is 5.32 Å². The van der Waals surface area contributed by atoms with Crippen LogP contribution >= 0.6 is 0 Å². The maximum absolute atomic E-state index is 13.6. The van der Waals surface area contributed by atoms with Crippen molar-refractivity contribution < 1.29 is 9.59 Å². The zero-order valence-electron chi connectivity index (χ0n) is 23.2. The lowest BCUT2D eigenvalue weighted by Crippen LogP contribution is -2.63. The van der Waals surface area contributed by atoms with Gasteiger partial charge in [0.2, 0.25) is 5.91 Å². The summed E-state index contributed by atoms with van der Waals surface area (Å²) >= 11 is 0. The third kappa shape index (κ3) is 6.24. The minimum Gasteiger partial charge on any atom is -0.350 e. The summed E-state index contributed by atoms with van der Waals surface area (Å²) in [7, 11) is 5.91. The quantitative estimate of drug-likeness (QED) is 0.534. The van der Waals surface area contributed by atoms with Crippen LogP contribution in [-0.2, 0) is 24.2 Å². The van der Waals surface area contributed by atoms with Gasteiger partial charge in [0.25, 0.3) is 5.91 Å². The van der Waals surface area contributed by atoms with Gasteiger partial charge in [-0.1, -0.05) is 69.2 Å². The number of hydrogen-bond acceptors (Lipinski definition) is 4. The number of carbonyl (C=O) groups is 2. The highest BCUT2D eigenvalue weighted by molar-refractivity contribution is 5.95. The van der Waals surface area contributed by atoms with Crippen LogP contribution in [0.1, 0.15) is 53.7 Å². The Bertz CT molecular complexity index is 1060. The minimum absolute atomic E-state index is 0.0424. The molecule has 0 saturated carbocycles. The van der Waals surface area contributed by atoms with E-state index in [-0.39, 0.29) is 29.8 Å². The summed E-state index contributed by atoms with van der Waals surface area (Å²) in [6.45, 7) is 7.26. The molecule has 0 radical (unpaired) electrons. The van der Waals surface area contributed by atoms with Crippen molar-refractivity contribution in [1.29, 1.82) is 0 Å². The monoisotopic (exact) mass is 504 g/mol. The Morgan fingerprint density at radius 1 is 0.973 bits per heavy atom. The van der Waals surface area contributed by atoms with Crippen LogP contribution in [0.25, 0.3) is 0 Å². The van der Waals surface area contributed by atoms with Crippen molar-refractivity contribution in [3.63, 3.8) is 0 Å². The third-order valence-electron chi connectivity index (χ3n) is 8.42. The second kappa shape index (κ2) is 12.2. The van der Waals surface area contributed by atoms with Crippen molar-refractivity contribution in [3.05, 3.63) is 70.8 Å². The number of amides is 2. The topological polar surface area (TPSA) is 55.9 Å². The third-order valence-corrected chi connectivity index (χ3v) is 8.42. The predicted molar refractivity (Wildman–Crippen MR) is 149 cm³/mol. The number of piperazine rings is 1. The predicted octanol–water partition coefficient (Wildman–Crippen LogP) is 3.84. The van der Waals surface area contributed by atoms with Crippen molar-refractivity contribution in [2.24, 2.45) is 11.8 Å². The van der Waals surface area contributed by atoms with E-state index in [0.717, 1.165) is 49.9 Å². The molecule has 4 rings (SSSR count). The number of carbonyl (C=O) groups excluding carboxylic acids is 2. The van der Waals surface area contributed by atoms with E-state index in [0.29, 0.717) is 19.0 Å². The number of hydrogen-bond donors (Lipinski definition) is 1. The zero-order chi connectivity index (χ0) is 26.5. The molecular weight excluding hydrogens is 460 g/mol. The molecule has 1 N–H and O–H groups in total. The van der Waals surface area contributed by atoms with Crippen LogP contribution in [0.2, 0.25) is 0 Å². The zero-order valence-corrected chi connectivity index (χ0v) is 23.2. The van der Waals surface area contributed by atoms with E-state index >= 15 is 0 Å². The average molecular weight is 505 g/mol. The standard InChI is InChI=1S/C31H44N4O2/c1-6-22(7-2)29-30(36)32-28(26-18-23-12-8-9-13-24(23)19-26)21-35(29)20-25-14-10-11-15-27(25)31(37)34(5)17-16-33(3)4/h8-15,22,26,28-29H,6-7,16-21H2,1-5H3,(H,32,36)/t28-,29+/m0/s1. The van der Waals surface area contributed by atoms with Crippen molar-refractivity contribution in [3.8, 4) is 0 Å². The Hall–Kier alpha value is -2.70. The molecule has 2 aromatic rings. The fraction of sp³-hybridized carbons (Fsp3) is 0.548. The Labute approximate surface area is 223 Å². The molecule has 6 heteroatoms. The normalized spacial score (nSPS) is 20.4. The lowest BCUT2D eigenvalue weighted by Gasteiger charge is -2.44. The number of fused-ring (bicyclic) bond motifs is 1.